The summed E-state index contributed by atoms with van der Waals surface area (Å²) in [7, 11) is -0.705. The van der Waals surface area contributed by atoms with Gasteiger partial charge >= 0.3 is 11.7 Å². The molecule has 2 heterocycles. The lowest BCUT2D eigenvalue weighted by Gasteiger charge is -2.43. The number of hydrogen-bond acceptors (Lipinski definition) is 7. The Morgan fingerprint density at radius 3 is 2.27 bits per heavy atom. The minimum Gasteiger partial charge on any atom is -0.497 e. The molecule has 3 atom stereocenters. The van der Waals surface area contributed by atoms with Crippen molar-refractivity contribution < 1.29 is 23.4 Å². The van der Waals surface area contributed by atoms with Crippen LogP contribution in [0.5, 0.6) is 5.75 Å². The Morgan fingerprint density at radius 1 is 1.05 bits per heavy atom. The average molecular weight is 648 g/mol. The topological polar surface area (TPSA) is 109 Å². The van der Waals surface area contributed by atoms with Gasteiger partial charge < -0.3 is 18.6 Å². The van der Waals surface area contributed by atoms with Crippen molar-refractivity contribution in [1.29, 1.82) is 0 Å². The van der Waals surface area contributed by atoms with E-state index in [4.69, 9.17) is 18.6 Å². The number of nitrogens with zero attached hydrogens (tertiary/aromatic N) is 1. The summed E-state index contributed by atoms with van der Waals surface area (Å²) in [6, 6.07) is 11.8. The van der Waals surface area contributed by atoms with Crippen LogP contribution in [0.4, 0.5) is 0 Å². The molecule has 9 nitrogen and oxygen atoms in total. The first-order valence-electron chi connectivity index (χ1n) is 14.0. The molecule has 41 heavy (non-hydrogen) atoms. The average Bonchev–Trinajstić information content (AvgIpc) is 3.30. The molecular weight excluding hydrogens is 608 g/mol. The number of halogens is 1. The van der Waals surface area contributed by atoms with Crippen LogP contribution in [-0.2, 0) is 13.9 Å². The zero-order valence-electron chi connectivity index (χ0n) is 24.6. The summed E-state index contributed by atoms with van der Waals surface area (Å²) in [6.45, 7) is 13.4. The van der Waals surface area contributed by atoms with Gasteiger partial charge in [-0.05, 0) is 59.1 Å². The number of H-pyrrole nitrogens is 1. The van der Waals surface area contributed by atoms with Crippen LogP contribution in [0.25, 0.3) is 10.9 Å². The molecule has 222 valence electrons. The van der Waals surface area contributed by atoms with E-state index in [2.05, 4.69) is 62.5 Å². The van der Waals surface area contributed by atoms with E-state index in [0.717, 1.165) is 0 Å². The third kappa shape index (κ3) is 6.23. The standard InChI is InChI=1S/C30H39BrN2O7Si/c1-17(2)41(18(3)4,19(5)6)38-16-26-25(40-29(35)20-8-11-22(37-7)12-9-20)15-27(39-26)33-24-13-10-21(31)14-23(24)28(34)32-30(33)36/h8-14,17-19,25-27H,15-16H2,1-7H3,(H,32,34,36)/t25-,26+,27-/m0/s1. The first-order valence-corrected chi connectivity index (χ1v) is 16.9. The molecule has 1 N–H and O–H groups in total. The lowest BCUT2D eigenvalue weighted by atomic mass is 10.1. The SMILES string of the molecule is COc1ccc(C(=O)O[C@H]2C[C@@H](n3c(=O)[nH]c(=O)c4cc(Br)ccc43)O[C@@H]2CO[Si](C(C)C)(C(C)C)C(C)C)cc1. The van der Waals surface area contributed by atoms with Gasteiger partial charge in [-0.25, -0.2) is 9.59 Å². The van der Waals surface area contributed by atoms with E-state index in [0.29, 0.717) is 43.3 Å². The highest BCUT2D eigenvalue weighted by atomic mass is 79.9. The maximum absolute atomic E-state index is 13.2. The smallest absolute Gasteiger partial charge is 0.338 e. The Bertz CT molecular complexity index is 1480. The monoisotopic (exact) mass is 646 g/mol. The zero-order chi connectivity index (χ0) is 30.1. The maximum Gasteiger partial charge on any atom is 0.338 e. The number of esters is 1. The molecule has 0 saturated carbocycles. The molecule has 0 bridgehead atoms. The number of nitrogens with one attached hydrogen (secondary N) is 1. The van der Waals surface area contributed by atoms with E-state index in [-0.39, 0.29) is 13.0 Å². The van der Waals surface area contributed by atoms with Crippen LogP contribution in [0.1, 0.15) is 64.5 Å². The zero-order valence-corrected chi connectivity index (χ0v) is 27.2. The van der Waals surface area contributed by atoms with Gasteiger partial charge in [-0.3, -0.25) is 14.3 Å². The van der Waals surface area contributed by atoms with Crippen LogP contribution in [0.15, 0.2) is 56.5 Å². The lowest BCUT2D eigenvalue weighted by molar-refractivity contribution is -0.0490. The molecule has 1 aromatic heterocycles. The second-order valence-electron chi connectivity index (χ2n) is 11.5. The van der Waals surface area contributed by atoms with E-state index >= 15 is 0 Å². The Hall–Kier alpha value is -2.73. The molecule has 1 aliphatic rings. The molecule has 2 aromatic carbocycles. The first kappa shape index (κ1) is 31.2. The molecule has 1 aliphatic heterocycles. The lowest BCUT2D eigenvalue weighted by Crippen LogP contribution is -2.50. The van der Waals surface area contributed by atoms with Crippen LogP contribution in [-0.4, -0.2) is 49.8 Å². The number of fused-ring (bicyclic) bond motifs is 1. The highest BCUT2D eigenvalue weighted by Gasteiger charge is 2.48. The van der Waals surface area contributed by atoms with Gasteiger partial charge in [0.15, 0.2) is 8.32 Å². The number of aromatic nitrogens is 2. The number of carbonyl (C=O) groups is 1. The normalized spacial score (nSPS) is 19.4. The van der Waals surface area contributed by atoms with Gasteiger partial charge in [-0.2, -0.15) is 0 Å². The van der Waals surface area contributed by atoms with Gasteiger partial charge in [0.25, 0.3) is 5.56 Å². The third-order valence-electron chi connectivity index (χ3n) is 8.16. The van der Waals surface area contributed by atoms with Crippen molar-refractivity contribution in [2.24, 2.45) is 0 Å². The van der Waals surface area contributed by atoms with Crippen LogP contribution in [0, 0.1) is 0 Å². The summed E-state index contributed by atoms with van der Waals surface area (Å²) in [5, 5.41) is 0.347. The van der Waals surface area contributed by atoms with Crippen molar-refractivity contribution in [3.05, 3.63) is 73.3 Å². The summed E-state index contributed by atoms with van der Waals surface area (Å²) in [5.41, 5.74) is 0.790. The fourth-order valence-electron chi connectivity index (χ4n) is 6.31. The molecule has 11 heteroatoms. The molecule has 0 spiro atoms. The first-order chi connectivity index (χ1) is 19.4. The summed E-state index contributed by atoms with van der Waals surface area (Å²) in [5.74, 6) is 0.125. The predicted octanol–water partition coefficient (Wildman–Crippen LogP) is 6.17. The quantitative estimate of drug-likeness (QED) is 0.207. The summed E-state index contributed by atoms with van der Waals surface area (Å²) < 4.78 is 26.6. The third-order valence-corrected chi connectivity index (χ3v) is 14.7. The van der Waals surface area contributed by atoms with Crippen LogP contribution in [0.2, 0.25) is 16.6 Å². The summed E-state index contributed by atoms with van der Waals surface area (Å²) in [4.78, 5) is 41.3. The Morgan fingerprint density at radius 2 is 1.68 bits per heavy atom. The fraction of sp³-hybridized carbons (Fsp3) is 0.500. The van der Waals surface area contributed by atoms with Crippen molar-refractivity contribution in [2.45, 2.75) is 83.0 Å². The molecule has 0 radical (unpaired) electrons. The molecule has 0 amide bonds. The maximum atomic E-state index is 13.2. The molecule has 4 rings (SSSR count). The summed E-state index contributed by atoms with van der Waals surface area (Å²) >= 11 is 3.40. The van der Waals surface area contributed by atoms with E-state index < -0.39 is 44.0 Å². The van der Waals surface area contributed by atoms with Crippen LogP contribution >= 0.6 is 15.9 Å². The van der Waals surface area contributed by atoms with Crippen LogP contribution < -0.4 is 16.0 Å². The number of carbonyl (C=O) groups excluding carboxylic acids is 1. The van der Waals surface area contributed by atoms with Crippen LogP contribution in [0.3, 0.4) is 0 Å². The highest BCUT2D eigenvalue weighted by Crippen LogP contribution is 2.43. The number of ether oxygens (including phenoxy) is 3. The Kier molecular flexibility index (Phi) is 9.62. The van der Waals surface area contributed by atoms with Crippen molar-refractivity contribution >= 4 is 41.1 Å². The second-order valence-corrected chi connectivity index (χ2v) is 17.8. The number of aromatic amines is 1. The summed E-state index contributed by atoms with van der Waals surface area (Å²) in [6.07, 6.45) is -1.86. The Balaban J connectivity index is 1.69. The predicted molar refractivity (Wildman–Crippen MR) is 164 cm³/mol. The molecule has 1 fully saturated rings. The van der Waals surface area contributed by atoms with E-state index in [1.807, 2.05) is 0 Å². The number of methoxy groups -OCH3 is 1. The molecule has 0 aliphatic carbocycles. The Labute approximate surface area is 249 Å². The van der Waals surface area contributed by atoms with Crippen molar-refractivity contribution in [3.8, 4) is 5.75 Å². The largest absolute Gasteiger partial charge is 0.497 e. The highest BCUT2D eigenvalue weighted by molar-refractivity contribution is 9.10. The van der Waals surface area contributed by atoms with Gasteiger partial charge in [0, 0.05) is 10.9 Å². The van der Waals surface area contributed by atoms with Crippen molar-refractivity contribution in [1.82, 2.24) is 9.55 Å². The van der Waals surface area contributed by atoms with Crippen molar-refractivity contribution in [3.63, 3.8) is 0 Å². The van der Waals surface area contributed by atoms with Crippen molar-refractivity contribution in [2.75, 3.05) is 13.7 Å². The van der Waals surface area contributed by atoms with Gasteiger partial charge in [0.1, 0.15) is 24.2 Å². The molecular formula is C30H39BrN2O7Si. The van der Waals surface area contributed by atoms with E-state index in [1.165, 1.54) is 4.57 Å². The van der Waals surface area contributed by atoms with Gasteiger partial charge in [0.05, 0.1) is 30.2 Å². The van der Waals surface area contributed by atoms with Gasteiger partial charge in [-0.1, -0.05) is 57.5 Å². The van der Waals surface area contributed by atoms with Gasteiger partial charge in [0.2, 0.25) is 0 Å². The molecule has 0 unspecified atom stereocenters. The second kappa shape index (κ2) is 12.6. The number of rotatable bonds is 10. The number of benzene rings is 2. The molecule has 1 saturated heterocycles. The number of hydrogen-bond donors (Lipinski definition) is 1. The molecule has 3 aromatic rings. The van der Waals surface area contributed by atoms with E-state index in [9.17, 15) is 14.4 Å². The minimum absolute atomic E-state index is 0.215. The van der Waals surface area contributed by atoms with Gasteiger partial charge in [-0.15, -0.1) is 0 Å². The van der Waals surface area contributed by atoms with E-state index in [1.54, 1.807) is 49.6 Å². The minimum atomic E-state index is -2.26. The fourth-order valence-corrected chi connectivity index (χ4v) is 12.1.